The Morgan fingerprint density at radius 3 is 2.38 bits per heavy atom. The zero-order chi connectivity index (χ0) is 24.7. The summed E-state index contributed by atoms with van der Waals surface area (Å²) >= 11 is 0. The second kappa shape index (κ2) is 11.0. The number of esters is 1. The number of nitrogens with one attached hydrogen (secondary N) is 2. The molecule has 10 heteroatoms. The Balaban J connectivity index is 1.95. The molecule has 1 atom stereocenters. The Bertz CT molecular complexity index is 1180. The van der Waals surface area contributed by atoms with Crippen molar-refractivity contribution in [3.05, 3.63) is 60.4 Å². The summed E-state index contributed by atoms with van der Waals surface area (Å²) in [5.41, 5.74) is 1.82. The maximum absolute atomic E-state index is 13.1. The summed E-state index contributed by atoms with van der Waals surface area (Å²) in [6.45, 7) is 3.43. The molecule has 10 nitrogen and oxygen atoms in total. The molecule has 3 amide bonds. The standard InChI is InChI=1S/C24H26N4O6/c1-5-25-24(31)26-22(29)15(2)34-23(30)21-18(14-28(27-21)17-9-7-6-8-10-17)16-11-12-19(32-3)20(13-16)33-4/h6-15H,5H2,1-4H3,(H2,25,26,29,31). The van der Waals surface area contributed by atoms with Crippen LogP contribution in [0.1, 0.15) is 24.3 Å². The van der Waals surface area contributed by atoms with Crippen LogP contribution in [0.5, 0.6) is 11.5 Å². The number of aromatic nitrogens is 2. The zero-order valence-electron chi connectivity index (χ0n) is 19.3. The van der Waals surface area contributed by atoms with Crippen LogP contribution in [0.2, 0.25) is 0 Å². The summed E-state index contributed by atoms with van der Waals surface area (Å²) in [5, 5.41) is 8.98. The second-order valence-corrected chi connectivity index (χ2v) is 7.14. The van der Waals surface area contributed by atoms with Crippen LogP contribution in [0, 0.1) is 0 Å². The van der Waals surface area contributed by atoms with Gasteiger partial charge in [-0.15, -0.1) is 0 Å². The highest BCUT2D eigenvalue weighted by molar-refractivity contribution is 6.00. The fraction of sp³-hybridized carbons (Fsp3) is 0.250. The van der Waals surface area contributed by atoms with Crippen molar-refractivity contribution in [1.82, 2.24) is 20.4 Å². The number of carbonyl (C=O) groups excluding carboxylic acids is 3. The summed E-state index contributed by atoms with van der Waals surface area (Å²) in [7, 11) is 3.04. The smallest absolute Gasteiger partial charge is 0.360 e. The van der Waals surface area contributed by atoms with Crippen molar-refractivity contribution in [2.24, 2.45) is 0 Å². The first-order valence-electron chi connectivity index (χ1n) is 10.5. The van der Waals surface area contributed by atoms with Crippen LogP contribution in [-0.2, 0) is 9.53 Å². The van der Waals surface area contributed by atoms with E-state index >= 15 is 0 Å². The Hall–Kier alpha value is -4.34. The summed E-state index contributed by atoms with van der Waals surface area (Å²) in [5.74, 6) is -0.574. The van der Waals surface area contributed by atoms with Crippen molar-refractivity contribution in [3.63, 3.8) is 0 Å². The van der Waals surface area contributed by atoms with Gasteiger partial charge in [0.2, 0.25) is 0 Å². The molecule has 0 radical (unpaired) electrons. The van der Waals surface area contributed by atoms with Crippen LogP contribution in [0.3, 0.4) is 0 Å². The molecule has 0 aliphatic rings. The number of para-hydroxylation sites is 1. The fourth-order valence-electron chi connectivity index (χ4n) is 3.14. The molecule has 0 spiro atoms. The highest BCUT2D eigenvalue weighted by atomic mass is 16.5. The third kappa shape index (κ3) is 5.52. The van der Waals surface area contributed by atoms with E-state index in [9.17, 15) is 14.4 Å². The lowest BCUT2D eigenvalue weighted by atomic mass is 10.1. The number of urea groups is 1. The average Bonchev–Trinajstić information content (AvgIpc) is 3.30. The van der Waals surface area contributed by atoms with Gasteiger partial charge in [0, 0.05) is 18.3 Å². The molecule has 0 aliphatic heterocycles. The van der Waals surface area contributed by atoms with Gasteiger partial charge in [0.25, 0.3) is 5.91 Å². The maximum atomic E-state index is 13.1. The molecule has 1 heterocycles. The third-order valence-corrected chi connectivity index (χ3v) is 4.85. The molecule has 0 bridgehead atoms. The molecule has 178 valence electrons. The van der Waals surface area contributed by atoms with Crippen LogP contribution in [0.4, 0.5) is 4.79 Å². The first-order valence-corrected chi connectivity index (χ1v) is 10.5. The topological polar surface area (TPSA) is 121 Å². The molecule has 34 heavy (non-hydrogen) atoms. The molecule has 0 saturated carbocycles. The molecule has 2 aromatic carbocycles. The van der Waals surface area contributed by atoms with Gasteiger partial charge in [0.1, 0.15) is 0 Å². The largest absolute Gasteiger partial charge is 0.493 e. The highest BCUT2D eigenvalue weighted by Gasteiger charge is 2.26. The molecule has 3 aromatic rings. The van der Waals surface area contributed by atoms with Gasteiger partial charge in [0.05, 0.1) is 19.9 Å². The minimum atomic E-state index is -1.23. The van der Waals surface area contributed by atoms with E-state index in [0.717, 1.165) is 5.69 Å². The second-order valence-electron chi connectivity index (χ2n) is 7.14. The number of ether oxygens (including phenoxy) is 3. The summed E-state index contributed by atoms with van der Waals surface area (Å²) in [4.78, 5) is 36.9. The van der Waals surface area contributed by atoms with Crippen molar-refractivity contribution in [2.45, 2.75) is 20.0 Å². The van der Waals surface area contributed by atoms with Gasteiger partial charge in [-0.1, -0.05) is 24.3 Å². The van der Waals surface area contributed by atoms with Crippen molar-refractivity contribution < 1.29 is 28.6 Å². The van der Waals surface area contributed by atoms with E-state index in [0.29, 0.717) is 29.2 Å². The minimum absolute atomic E-state index is 0.00580. The van der Waals surface area contributed by atoms with Gasteiger partial charge in [-0.2, -0.15) is 5.10 Å². The molecule has 0 fully saturated rings. The molecule has 0 saturated heterocycles. The predicted molar refractivity (Wildman–Crippen MR) is 124 cm³/mol. The van der Waals surface area contributed by atoms with Gasteiger partial charge in [0.15, 0.2) is 23.3 Å². The Labute approximate surface area is 196 Å². The molecular weight excluding hydrogens is 440 g/mol. The first kappa shape index (κ1) is 24.3. The average molecular weight is 466 g/mol. The lowest BCUT2D eigenvalue weighted by Gasteiger charge is -2.13. The third-order valence-electron chi connectivity index (χ3n) is 4.85. The highest BCUT2D eigenvalue weighted by Crippen LogP contribution is 2.34. The number of carbonyl (C=O) groups is 3. The Morgan fingerprint density at radius 2 is 1.74 bits per heavy atom. The summed E-state index contributed by atoms with van der Waals surface area (Å²) in [6, 6.07) is 13.7. The van der Waals surface area contributed by atoms with E-state index in [4.69, 9.17) is 14.2 Å². The van der Waals surface area contributed by atoms with Crippen molar-refractivity contribution >= 4 is 17.9 Å². The SMILES string of the molecule is CCNC(=O)NC(=O)C(C)OC(=O)c1nn(-c2ccccc2)cc1-c1ccc(OC)c(OC)c1. The van der Waals surface area contributed by atoms with Crippen LogP contribution in [0.15, 0.2) is 54.7 Å². The maximum Gasteiger partial charge on any atom is 0.360 e. The van der Waals surface area contributed by atoms with Crippen LogP contribution in [-0.4, -0.2) is 54.6 Å². The van der Waals surface area contributed by atoms with Gasteiger partial charge in [-0.25, -0.2) is 14.3 Å². The number of benzene rings is 2. The van der Waals surface area contributed by atoms with E-state index in [1.54, 1.807) is 36.0 Å². The monoisotopic (exact) mass is 466 g/mol. The quantitative estimate of drug-likeness (QED) is 0.490. The molecule has 1 aromatic heterocycles. The molecule has 2 N–H and O–H groups in total. The summed E-state index contributed by atoms with van der Waals surface area (Å²) < 4.78 is 17.5. The number of imide groups is 1. The van der Waals surface area contributed by atoms with E-state index in [2.05, 4.69) is 15.7 Å². The van der Waals surface area contributed by atoms with E-state index < -0.39 is 24.0 Å². The van der Waals surface area contributed by atoms with Gasteiger partial charge < -0.3 is 19.5 Å². The van der Waals surface area contributed by atoms with Crippen LogP contribution >= 0.6 is 0 Å². The number of nitrogens with zero attached hydrogens (tertiary/aromatic N) is 2. The number of methoxy groups -OCH3 is 2. The van der Waals surface area contributed by atoms with Crippen LogP contribution < -0.4 is 20.1 Å². The van der Waals surface area contributed by atoms with Crippen LogP contribution in [0.25, 0.3) is 16.8 Å². The normalized spacial score (nSPS) is 11.3. The number of amides is 3. The van der Waals surface area contributed by atoms with Crippen molar-refractivity contribution in [3.8, 4) is 28.3 Å². The lowest BCUT2D eigenvalue weighted by molar-refractivity contribution is -0.127. The number of rotatable bonds is 8. The van der Waals surface area contributed by atoms with E-state index in [1.165, 1.54) is 21.1 Å². The fourth-order valence-corrected chi connectivity index (χ4v) is 3.14. The lowest BCUT2D eigenvalue weighted by Crippen LogP contribution is -2.44. The zero-order valence-corrected chi connectivity index (χ0v) is 19.3. The van der Waals surface area contributed by atoms with E-state index in [-0.39, 0.29) is 5.69 Å². The summed E-state index contributed by atoms with van der Waals surface area (Å²) in [6.07, 6.45) is 0.460. The minimum Gasteiger partial charge on any atom is -0.493 e. The predicted octanol–water partition coefficient (Wildman–Crippen LogP) is 2.95. The number of hydrogen-bond donors (Lipinski definition) is 2. The molecule has 1 unspecified atom stereocenters. The van der Waals surface area contributed by atoms with Crippen molar-refractivity contribution in [2.75, 3.05) is 20.8 Å². The Morgan fingerprint density at radius 1 is 1.03 bits per heavy atom. The van der Waals surface area contributed by atoms with Gasteiger partial charge >= 0.3 is 12.0 Å². The molecule has 0 aliphatic carbocycles. The Kier molecular flexibility index (Phi) is 7.86. The first-order chi connectivity index (χ1) is 16.4. The molecular formula is C24H26N4O6. The van der Waals surface area contributed by atoms with Gasteiger partial charge in [-0.3, -0.25) is 10.1 Å². The molecule has 3 rings (SSSR count). The number of hydrogen-bond acceptors (Lipinski definition) is 7. The van der Waals surface area contributed by atoms with Gasteiger partial charge in [-0.05, 0) is 43.7 Å². The van der Waals surface area contributed by atoms with E-state index in [1.807, 2.05) is 30.3 Å². The van der Waals surface area contributed by atoms with Crippen molar-refractivity contribution in [1.29, 1.82) is 0 Å².